The van der Waals surface area contributed by atoms with Gasteiger partial charge in [-0.1, -0.05) is 26.0 Å². The van der Waals surface area contributed by atoms with Crippen LogP contribution in [0.1, 0.15) is 31.2 Å². The molecule has 1 unspecified atom stereocenters. The largest absolute Gasteiger partial charge is 0.468 e. The second-order valence-electron chi connectivity index (χ2n) is 6.52. The fourth-order valence-corrected chi connectivity index (χ4v) is 2.59. The molecule has 25 heavy (non-hydrogen) atoms. The molecule has 0 aliphatic heterocycles. The molecule has 2 heterocycles. The van der Waals surface area contributed by atoms with Crippen LogP contribution in [0.5, 0.6) is 0 Å². The van der Waals surface area contributed by atoms with Gasteiger partial charge in [-0.3, -0.25) is 0 Å². The van der Waals surface area contributed by atoms with Gasteiger partial charge >= 0.3 is 0 Å². The Morgan fingerprint density at radius 2 is 2.00 bits per heavy atom. The van der Waals surface area contributed by atoms with Crippen molar-refractivity contribution in [3.63, 3.8) is 0 Å². The Morgan fingerprint density at radius 3 is 2.64 bits per heavy atom. The molecule has 0 fully saturated rings. The lowest BCUT2D eigenvalue weighted by Crippen LogP contribution is -2.25. The minimum atomic E-state index is 0.0436. The Balaban J connectivity index is 1.58. The summed E-state index contributed by atoms with van der Waals surface area (Å²) in [5.74, 6) is 1.42. The maximum atomic E-state index is 5.80. The first kappa shape index (κ1) is 17.5. The molecule has 0 radical (unpaired) electrons. The van der Waals surface area contributed by atoms with Crippen molar-refractivity contribution >= 4 is 0 Å². The number of aromatic nitrogens is 2. The zero-order valence-electron chi connectivity index (χ0n) is 14.8. The van der Waals surface area contributed by atoms with E-state index in [0.717, 1.165) is 24.6 Å². The summed E-state index contributed by atoms with van der Waals surface area (Å²) in [5, 5.41) is 3.53. The molecule has 2 aromatic heterocycles. The van der Waals surface area contributed by atoms with Crippen molar-refractivity contribution in [2.45, 2.75) is 26.4 Å². The van der Waals surface area contributed by atoms with E-state index >= 15 is 0 Å². The Labute approximate surface area is 148 Å². The summed E-state index contributed by atoms with van der Waals surface area (Å²) in [6.45, 7) is 6.40. The van der Waals surface area contributed by atoms with Crippen LogP contribution in [0.15, 0.2) is 65.8 Å². The Hall–Kier alpha value is -2.37. The van der Waals surface area contributed by atoms with Gasteiger partial charge in [-0.2, -0.15) is 0 Å². The third-order valence-corrected chi connectivity index (χ3v) is 3.91. The van der Waals surface area contributed by atoms with Gasteiger partial charge in [-0.05, 0) is 35.7 Å². The number of benzene rings is 1. The van der Waals surface area contributed by atoms with E-state index in [0.29, 0.717) is 12.5 Å². The first-order valence-electron chi connectivity index (χ1n) is 8.64. The van der Waals surface area contributed by atoms with Crippen molar-refractivity contribution in [2.75, 3.05) is 13.2 Å². The number of hydrogen-bond donors (Lipinski definition) is 1. The highest BCUT2D eigenvalue weighted by atomic mass is 16.5. The topological polar surface area (TPSA) is 52.2 Å². The summed E-state index contributed by atoms with van der Waals surface area (Å²) >= 11 is 0. The molecular weight excluding hydrogens is 314 g/mol. The lowest BCUT2D eigenvalue weighted by atomic mass is 10.1. The molecule has 0 bridgehead atoms. The van der Waals surface area contributed by atoms with Crippen LogP contribution in [0, 0.1) is 5.92 Å². The summed E-state index contributed by atoms with van der Waals surface area (Å²) in [7, 11) is 0. The summed E-state index contributed by atoms with van der Waals surface area (Å²) in [4.78, 5) is 4.08. The number of nitrogens with zero attached hydrogens (tertiary/aromatic N) is 2. The zero-order chi connectivity index (χ0) is 17.5. The highest BCUT2D eigenvalue weighted by Gasteiger charge is 2.14. The molecule has 3 aromatic rings. The fourth-order valence-electron chi connectivity index (χ4n) is 2.59. The summed E-state index contributed by atoms with van der Waals surface area (Å²) in [6.07, 6.45) is 7.21. The van der Waals surface area contributed by atoms with Gasteiger partial charge in [-0.25, -0.2) is 4.98 Å². The SMILES string of the molecule is CC(C)COCC(NCc1ccc(-n2ccnc2)cc1)c1ccco1. The van der Waals surface area contributed by atoms with Gasteiger partial charge in [0.2, 0.25) is 0 Å². The lowest BCUT2D eigenvalue weighted by molar-refractivity contribution is 0.0844. The van der Waals surface area contributed by atoms with E-state index < -0.39 is 0 Å². The van der Waals surface area contributed by atoms with Crippen LogP contribution in [-0.2, 0) is 11.3 Å². The molecule has 5 nitrogen and oxygen atoms in total. The van der Waals surface area contributed by atoms with Crippen molar-refractivity contribution in [1.29, 1.82) is 0 Å². The predicted octanol–water partition coefficient (Wildman–Crippen LogP) is 3.97. The number of nitrogens with one attached hydrogen (secondary N) is 1. The normalized spacial score (nSPS) is 12.6. The second kappa shape index (κ2) is 8.65. The van der Waals surface area contributed by atoms with E-state index in [1.807, 2.05) is 22.9 Å². The molecule has 0 aliphatic carbocycles. The predicted molar refractivity (Wildman–Crippen MR) is 97.5 cm³/mol. The summed E-state index contributed by atoms with van der Waals surface area (Å²) < 4.78 is 13.4. The van der Waals surface area contributed by atoms with Gasteiger partial charge in [0, 0.05) is 31.2 Å². The third kappa shape index (κ3) is 5.05. The highest BCUT2D eigenvalue weighted by molar-refractivity contribution is 5.34. The molecule has 1 N–H and O–H groups in total. The van der Waals surface area contributed by atoms with Crippen LogP contribution < -0.4 is 5.32 Å². The highest BCUT2D eigenvalue weighted by Crippen LogP contribution is 2.16. The Kier molecular flexibility index (Phi) is 6.04. The molecule has 5 heteroatoms. The van der Waals surface area contributed by atoms with Crippen LogP contribution in [0.25, 0.3) is 5.69 Å². The van der Waals surface area contributed by atoms with Gasteiger partial charge in [0.15, 0.2) is 0 Å². The number of hydrogen-bond acceptors (Lipinski definition) is 4. The number of rotatable bonds is 9. The van der Waals surface area contributed by atoms with Gasteiger partial charge in [0.25, 0.3) is 0 Å². The average molecular weight is 339 g/mol. The van der Waals surface area contributed by atoms with Crippen molar-refractivity contribution in [2.24, 2.45) is 5.92 Å². The summed E-state index contributed by atoms with van der Waals surface area (Å²) in [5.41, 5.74) is 2.31. The Morgan fingerprint density at radius 1 is 1.16 bits per heavy atom. The van der Waals surface area contributed by atoms with E-state index in [-0.39, 0.29) is 6.04 Å². The van der Waals surface area contributed by atoms with Crippen LogP contribution >= 0.6 is 0 Å². The van der Waals surface area contributed by atoms with Crippen LogP contribution in [0.3, 0.4) is 0 Å². The van der Waals surface area contributed by atoms with Gasteiger partial charge < -0.3 is 19.0 Å². The maximum Gasteiger partial charge on any atom is 0.123 e. The Bertz CT molecular complexity index is 719. The molecule has 0 aliphatic rings. The minimum absolute atomic E-state index is 0.0436. The third-order valence-electron chi connectivity index (χ3n) is 3.91. The molecular formula is C20H25N3O2. The summed E-state index contributed by atoms with van der Waals surface area (Å²) in [6, 6.07) is 12.4. The number of imidazole rings is 1. The smallest absolute Gasteiger partial charge is 0.123 e. The molecule has 0 spiro atoms. The average Bonchev–Trinajstić information content (AvgIpc) is 3.31. The van der Waals surface area contributed by atoms with E-state index in [1.165, 1.54) is 5.56 Å². The minimum Gasteiger partial charge on any atom is -0.468 e. The second-order valence-corrected chi connectivity index (χ2v) is 6.52. The molecule has 0 saturated carbocycles. The van der Waals surface area contributed by atoms with Crippen molar-refractivity contribution < 1.29 is 9.15 Å². The zero-order valence-corrected chi connectivity index (χ0v) is 14.8. The van der Waals surface area contributed by atoms with Gasteiger partial charge in [0.1, 0.15) is 5.76 Å². The maximum absolute atomic E-state index is 5.80. The molecule has 0 amide bonds. The monoisotopic (exact) mass is 339 g/mol. The molecule has 132 valence electrons. The number of ether oxygens (including phenoxy) is 1. The van der Waals surface area contributed by atoms with E-state index in [9.17, 15) is 0 Å². The van der Waals surface area contributed by atoms with E-state index in [4.69, 9.17) is 9.15 Å². The first-order valence-corrected chi connectivity index (χ1v) is 8.64. The van der Waals surface area contributed by atoms with Crippen LogP contribution in [0.2, 0.25) is 0 Å². The van der Waals surface area contributed by atoms with E-state index in [2.05, 4.69) is 48.4 Å². The quantitative estimate of drug-likeness (QED) is 0.641. The molecule has 3 rings (SSSR count). The van der Waals surface area contributed by atoms with Gasteiger partial charge in [-0.15, -0.1) is 0 Å². The molecule has 0 saturated heterocycles. The first-order chi connectivity index (χ1) is 12.2. The standard InChI is InChI=1S/C20H25N3O2/c1-16(2)13-24-14-19(20-4-3-11-25-20)22-12-17-5-7-18(8-6-17)23-10-9-21-15-23/h3-11,15-16,19,22H,12-14H2,1-2H3. The van der Waals surface area contributed by atoms with Crippen molar-refractivity contribution in [3.8, 4) is 5.69 Å². The van der Waals surface area contributed by atoms with E-state index in [1.54, 1.807) is 18.8 Å². The number of furan rings is 1. The van der Waals surface area contributed by atoms with Crippen LogP contribution in [-0.4, -0.2) is 22.8 Å². The fraction of sp³-hybridized carbons (Fsp3) is 0.350. The van der Waals surface area contributed by atoms with Crippen molar-refractivity contribution in [1.82, 2.24) is 14.9 Å². The lowest BCUT2D eigenvalue weighted by Gasteiger charge is -2.18. The van der Waals surface area contributed by atoms with Gasteiger partial charge in [0.05, 0.1) is 25.2 Å². The molecule has 1 atom stereocenters. The van der Waals surface area contributed by atoms with Crippen molar-refractivity contribution in [3.05, 3.63) is 72.7 Å². The van der Waals surface area contributed by atoms with Crippen LogP contribution in [0.4, 0.5) is 0 Å². The molecule has 1 aromatic carbocycles.